The summed E-state index contributed by atoms with van der Waals surface area (Å²) >= 11 is 0. The van der Waals surface area contributed by atoms with E-state index in [0.717, 1.165) is 38.5 Å². The van der Waals surface area contributed by atoms with Crippen molar-refractivity contribution in [1.29, 1.82) is 0 Å². The molecule has 0 unspecified atom stereocenters. The minimum absolute atomic E-state index is 0.179. The van der Waals surface area contributed by atoms with Gasteiger partial charge in [-0.25, -0.2) is 0 Å². The van der Waals surface area contributed by atoms with Crippen LogP contribution in [0.4, 0.5) is 0 Å². The molecule has 21 heavy (non-hydrogen) atoms. The average molecular weight is 292 g/mol. The Morgan fingerprint density at radius 1 is 0.952 bits per heavy atom. The van der Waals surface area contributed by atoms with Crippen molar-refractivity contribution in [3.63, 3.8) is 0 Å². The predicted molar refractivity (Wildman–Crippen MR) is 88.6 cm³/mol. The quantitative estimate of drug-likeness (QED) is 0.326. The number of unbranched alkanes of at least 4 members (excludes halogenated alkanes) is 6. The van der Waals surface area contributed by atoms with Gasteiger partial charge in [-0.05, 0) is 19.3 Å². The first kappa shape index (κ1) is 16.0. The SMILES string of the molecule is [2H]C([2H])(C#CCC#CCCCCC)CCCCCCC(=O)OC. The minimum atomic E-state index is -1.44. The molecule has 0 amide bonds. The third-order valence-electron chi connectivity index (χ3n) is 3.04. The molecule has 0 saturated heterocycles. The number of rotatable bonds is 10. The molecular weight excluding hydrogens is 260 g/mol. The highest BCUT2D eigenvalue weighted by Crippen LogP contribution is 2.07. The lowest BCUT2D eigenvalue weighted by atomic mass is 10.1. The molecule has 0 aliphatic carbocycles. The zero-order valence-corrected chi connectivity index (χ0v) is 13.6. The molecule has 2 heteroatoms. The van der Waals surface area contributed by atoms with Crippen molar-refractivity contribution in [2.75, 3.05) is 7.11 Å². The summed E-state index contributed by atoms with van der Waals surface area (Å²) in [5.41, 5.74) is 0. The smallest absolute Gasteiger partial charge is 0.305 e. The Kier molecular flexibility index (Phi) is 12.7. The van der Waals surface area contributed by atoms with E-state index in [2.05, 4.69) is 35.3 Å². The lowest BCUT2D eigenvalue weighted by Gasteiger charge is -1.99. The molecule has 0 saturated carbocycles. The van der Waals surface area contributed by atoms with Crippen molar-refractivity contribution in [2.24, 2.45) is 0 Å². The van der Waals surface area contributed by atoms with E-state index in [1.54, 1.807) is 0 Å². The standard InChI is InChI=1S/C19H30O2/c1-3-4-5-6-7-8-9-10-11-12-13-14-15-16-17-18-19(20)21-2/h3-6,9,12-18H2,1-2H3/i12D2. The van der Waals surface area contributed by atoms with Crippen molar-refractivity contribution < 1.29 is 12.3 Å². The molecule has 0 aliphatic rings. The fourth-order valence-electron chi connectivity index (χ4n) is 1.77. The first-order valence-electron chi connectivity index (χ1n) is 9.04. The zero-order valence-electron chi connectivity index (χ0n) is 15.6. The van der Waals surface area contributed by atoms with Crippen LogP contribution in [-0.4, -0.2) is 13.1 Å². The van der Waals surface area contributed by atoms with Gasteiger partial charge < -0.3 is 4.74 Å². The van der Waals surface area contributed by atoms with Crippen LogP contribution >= 0.6 is 0 Å². The lowest BCUT2D eigenvalue weighted by Crippen LogP contribution is -1.99. The molecule has 0 aromatic heterocycles. The fraction of sp³-hybridized carbons (Fsp3) is 0.737. The highest BCUT2D eigenvalue weighted by molar-refractivity contribution is 5.68. The van der Waals surface area contributed by atoms with Crippen LogP contribution in [-0.2, 0) is 9.53 Å². The Hall–Kier alpha value is -1.41. The number of carbonyl (C=O) groups excluding carboxylic acids is 1. The molecule has 2 nitrogen and oxygen atoms in total. The van der Waals surface area contributed by atoms with Crippen molar-refractivity contribution in [3.05, 3.63) is 0 Å². The second-order valence-corrected chi connectivity index (χ2v) is 4.96. The topological polar surface area (TPSA) is 26.3 Å². The Morgan fingerprint density at radius 2 is 1.67 bits per heavy atom. The van der Waals surface area contributed by atoms with Gasteiger partial charge in [-0.2, -0.15) is 0 Å². The Balaban J connectivity index is 3.76. The zero-order chi connectivity index (χ0) is 17.4. The fourth-order valence-corrected chi connectivity index (χ4v) is 1.77. The lowest BCUT2D eigenvalue weighted by molar-refractivity contribution is -0.140. The second-order valence-electron chi connectivity index (χ2n) is 4.96. The van der Waals surface area contributed by atoms with Crippen LogP contribution in [0, 0.1) is 23.7 Å². The molecule has 118 valence electrons. The van der Waals surface area contributed by atoms with Crippen LogP contribution in [0.15, 0.2) is 0 Å². The number of hydrogen-bond acceptors (Lipinski definition) is 2. The summed E-state index contributed by atoms with van der Waals surface area (Å²) < 4.78 is 20.3. The molecule has 0 radical (unpaired) electrons. The van der Waals surface area contributed by atoms with Crippen LogP contribution in [0.2, 0.25) is 0 Å². The van der Waals surface area contributed by atoms with Gasteiger partial charge in [-0.1, -0.05) is 50.9 Å². The van der Waals surface area contributed by atoms with E-state index in [-0.39, 0.29) is 5.97 Å². The maximum absolute atomic E-state index is 10.9. The molecule has 0 N–H and O–H groups in total. The van der Waals surface area contributed by atoms with E-state index in [1.807, 2.05) is 0 Å². The van der Waals surface area contributed by atoms with Crippen LogP contribution in [0.1, 0.15) is 86.7 Å². The highest BCUT2D eigenvalue weighted by atomic mass is 16.5. The highest BCUT2D eigenvalue weighted by Gasteiger charge is 1.98. The summed E-state index contributed by atoms with van der Waals surface area (Å²) in [5.74, 6) is 11.4. The molecule has 0 atom stereocenters. The maximum atomic E-state index is 10.9. The summed E-state index contributed by atoms with van der Waals surface area (Å²) in [5, 5.41) is 0. The Labute approximate surface area is 133 Å². The Bertz CT molecular complexity index is 436. The van der Waals surface area contributed by atoms with Gasteiger partial charge in [0.2, 0.25) is 0 Å². The number of methoxy groups -OCH3 is 1. The largest absolute Gasteiger partial charge is 0.469 e. The third-order valence-corrected chi connectivity index (χ3v) is 3.04. The predicted octanol–water partition coefficient (Wildman–Crippen LogP) is 4.87. The third kappa shape index (κ3) is 16.5. The molecule has 0 spiro atoms. The van der Waals surface area contributed by atoms with E-state index < -0.39 is 6.37 Å². The number of esters is 1. The molecule has 0 heterocycles. The first-order chi connectivity index (χ1) is 11.0. The molecule has 0 aromatic carbocycles. The summed E-state index contributed by atoms with van der Waals surface area (Å²) in [7, 11) is 1.39. The molecule has 0 rings (SSSR count). The molecule has 0 aliphatic heterocycles. The number of hydrogen-bond donors (Lipinski definition) is 0. The number of ether oxygens (including phenoxy) is 1. The van der Waals surface area contributed by atoms with Gasteiger partial charge in [0.25, 0.3) is 0 Å². The van der Waals surface area contributed by atoms with Crippen molar-refractivity contribution in [2.45, 2.75) is 83.9 Å². The van der Waals surface area contributed by atoms with Crippen molar-refractivity contribution in [1.82, 2.24) is 0 Å². The maximum Gasteiger partial charge on any atom is 0.305 e. The van der Waals surface area contributed by atoms with Gasteiger partial charge in [-0.15, -0.1) is 11.8 Å². The van der Waals surface area contributed by atoms with Crippen LogP contribution in [0.25, 0.3) is 0 Å². The van der Waals surface area contributed by atoms with E-state index in [1.165, 1.54) is 20.0 Å². The Morgan fingerprint density at radius 3 is 2.43 bits per heavy atom. The second kappa shape index (κ2) is 16.6. The van der Waals surface area contributed by atoms with Gasteiger partial charge in [-0.3, -0.25) is 4.79 Å². The molecule has 0 aromatic rings. The van der Waals surface area contributed by atoms with Gasteiger partial charge >= 0.3 is 5.97 Å². The van der Waals surface area contributed by atoms with Crippen molar-refractivity contribution >= 4 is 5.97 Å². The van der Waals surface area contributed by atoms with Gasteiger partial charge in [0.1, 0.15) is 0 Å². The van der Waals surface area contributed by atoms with Crippen LogP contribution in [0.5, 0.6) is 0 Å². The van der Waals surface area contributed by atoms with Gasteiger partial charge in [0, 0.05) is 22.0 Å². The van der Waals surface area contributed by atoms with E-state index in [0.29, 0.717) is 19.3 Å². The first-order valence-corrected chi connectivity index (χ1v) is 8.04. The van der Waals surface area contributed by atoms with Gasteiger partial charge in [0.15, 0.2) is 0 Å². The molecular formula is C19H30O2. The van der Waals surface area contributed by atoms with E-state index in [4.69, 9.17) is 2.74 Å². The summed E-state index contributed by atoms with van der Waals surface area (Å²) in [6.45, 7) is 2.17. The van der Waals surface area contributed by atoms with Crippen LogP contribution in [0.3, 0.4) is 0 Å². The van der Waals surface area contributed by atoms with Gasteiger partial charge in [0.05, 0.1) is 13.5 Å². The minimum Gasteiger partial charge on any atom is -0.469 e. The molecule has 0 fully saturated rings. The van der Waals surface area contributed by atoms with Crippen molar-refractivity contribution in [3.8, 4) is 23.7 Å². The van der Waals surface area contributed by atoms with E-state index in [9.17, 15) is 4.79 Å². The summed E-state index contributed by atoms with van der Waals surface area (Å²) in [6.07, 6.45) is 7.76. The van der Waals surface area contributed by atoms with Crippen LogP contribution < -0.4 is 0 Å². The number of carbonyl (C=O) groups is 1. The normalized spacial score (nSPS) is 11.3. The molecule has 0 bridgehead atoms. The summed E-state index contributed by atoms with van der Waals surface area (Å²) in [6, 6.07) is 0. The summed E-state index contributed by atoms with van der Waals surface area (Å²) in [4.78, 5) is 10.9. The monoisotopic (exact) mass is 292 g/mol. The average Bonchev–Trinajstić information content (AvgIpc) is 2.52. The van der Waals surface area contributed by atoms with E-state index >= 15 is 0 Å².